The van der Waals surface area contributed by atoms with Crippen LogP contribution >= 0.6 is 0 Å². The minimum atomic E-state index is -4.73. The fraction of sp³-hybridized carbons (Fsp3) is 0. The SMILES string of the molecule is O=C=Nc1cccc(S(=O)(=O)F)c1. The van der Waals surface area contributed by atoms with E-state index in [4.69, 9.17) is 0 Å². The fourth-order valence-corrected chi connectivity index (χ4v) is 1.26. The zero-order valence-electron chi connectivity index (χ0n) is 6.27. The molecule has 13 heavy (non-hydrogen) atoms. The van der Waals surface area contributed by atoms with Gasteiger partial charge in [0.25, 0.3) is 0 Å². The Hall–Kier alpha value is -1.52. The number of hydrogen-bond acceptors (Lipinski definition) is 4. The van der Waals surface area contributed by atoms with Crippen molar-refractivity contribution in [2.75, 3.05) is 0 Å². The number of aliphatic imine (C=N–C) groups is 1. The molecule has 1 aromatic carbocycles. The monoisotopic (exact) mass is 201 g/mol. The van der Waals surface area contributed by atoms with E-state index in [2.05, 4.69) is 4.99 Å². The predicted octanol–water partition coefficient (Wildman–Crippen LogP) is 1.31. The van der Waals surface area contributed by atoms with Gasteiger partial charge < -0.3 is 0 Å². The smallest absolute Gasteiger partial charge is 0.211 e. The van der Waals surface area contributed by atoms with E-state index in [1.165, 1.54) is 18.2 Å². The van der Waals surface area contributed by atoms with E-state index in [1.807, 2.05) is 0 Å². The standard InChI is InChI=1S/C7H4FNO3S/c8-13(11,12)7-3-1-2-6(4-7)9-5-10/h1-4H. The van der Waals surface area contributed by atoms with E-state index < -0.39 is 15.1 Å². The Balaban J connectivity index is 3.28. The summed E-state index contributed by atoms with van der Waals surface area (Å²) in [6.07, 6.45) is 1.22. The summed E-state index contributed by atoms with van der Waals surface area (Å²) < 4.78 is 33.1. The topological polar surface area (TPSA) is 63.6 Å². The van der Waals surface area contributed by atoms with Crippen LogP contribution in [-0.4, -0.2) is 14.5 Å². The van der Waals surface area contributed by atoms with Gasteiger partial charge in [0, 0.05) is 0 Å². The molecule has 0 heterocycles. The first-order chi connectivity index (χ1) is 6.04. The maximum absolute atomic E-state index is 12.4. The van der Waals surface area contributed by atoms with Crippen molar-refractivity contribution in [3.63, 3.8) is 0 Å². The lowest BCUT2D eigenvalue weighted by atomic mass is 10.3. The van der Waals surface area contributed by atoms with Crippen LogP contribution in [0.1, 0.15) is 0 Å². The highest BCUT2D eigenvalue weighted by atomic mass is 32.3. The molecule has 0 radical (unpaired) electrons. The molecule has 6 heteroatoms. The highest BCUT2D eigenvalue weighted by Gasteiger charge is 2.11. The zero-order chi connectivity index (χ0) is 9.90. The van der Waals surface area contributed by atoms with Crippen molar-refractivity contribution in [1.82, 2.24) is 0 Å². The first-order valence-corrected chi connectivity index (χ1v) is 4.55. The second kappa shape index (κ2) is 3.47. The number of rotatable bonds is 2. The Kier molecular flexibility index (Phi) is 2.55. The summed E-state index contributed by atoms with van der Waals surface area (Å²) in [4.78, 5) is 12.4. The minimum absolute atomic E-state index is 0.0497. The summed E-state index contributed by atoms with van der Waals surface area (Å²) >= 11 is 0. The van der Waals surface area contributed by atoms with Gasteiger partial charge in [-0.2, -0.15) is 13.4 Å². The van der Waals surface area contributed by atoms with Crippen molar-refractivity contribution in [2.24, 2.45) is 4.99 Å². The van der Waals surface area contributed by atoms with Gasteiger partial charge in [-0.05, 0) is 18.2 Å². The normalized spacial score (nSPS) is 10.5. The second-order valence-corrected chi connectivity index (χ2v) is 3.49. The van der Waals surface area contributed by atoms with E-state index in [0.29, 0.717) is 0 Å². The molecule has 4 nitrogen and oxygen atoms in total. The Bertz CT molecular complexity index is 462. The molecule has 0 saturated heterocycles. The van der Waals surface area contributed by atoms with Crippen molar-refractivity contribution in [3.05, 3.63) is 24.3 Å². The molecule has 0 bridgehead atoms. The molecule has 0 aromatic heterocycles. The Labute approximate surface area is 73.9 Å². The van der Waals surface area contributed by atoms with Gasteiger partial charge in [-0.1, -0.05) is 6.07 Å². The predicted molar refractivity (Wildman–Crippen MR) is 42.5 cm³/mol. The van der Waals surface area contributed by atoms with Crippen molar-refractivity contribution >= 4 is 22.0 Å². The van der Waals surface area contributed by atoms with Crippen molar-refractivity contribution < 1.29 is 17.1 Å². The van der Waals surface area contributed by atoms with Gasteiger partial charge in [-0.3, -0.25) is 0 Å². The number of nitrogens with zero attached hydrogens (tertiary/aromatic N) is 1. The fourth-order valence-electron chi connectivity index (χ4n) is 0.757. The van der Waals surface area contributed by atoms with Gasteiger partial charge in [0.05, 0.1) is 5.69 Å². The van der Waals surface area contributed by atoms with E-state index in [-0.39, 0.29) is 5.69 Å². The van der Waals surface area contributed by atoms with Crippen molar-refractivity contribution in [1.29, 1.82) is 0 Å². The summed E-state index contributed by atoms with van der Waals surface area (Å²) in [5.41, 5.74) is 0.0497. The number of carbonyl (C=O) groups excluding carboxylic acids is 1. The molecule has 0 fully saturated rings. The maximum atomic E-state index is 12.4. The molecule has 1 aromatic rings. The highest BCUT2D eigenvalue weighted by molar-refractivity contribution is 7.86. The van der Waals surface area contributed by atoms with Gasteiger partial charge in [-0.15, -0.1) is 3.89 Å². The van der Waals surface area contributed by atoms with Crippen molar-refractivity contribution in [3.8, 4) is 0 Å². The van der Waals surface area contributed by atoms with E-state index in [0.717, 1.165) is 12.1 Å². The second-order valence-electron chi connectivity index (χ2n) is 2.14. The summed E-state index contributed by atoms with van der Waals surface area (Å²) in [6.45, 7) is 0. The van der Waals surface area contributed by atoms with Gasteiger partial charge >= 0.3 is 10.2 Å². The van der Waals surface area contributed by atoms with Crippen LogP contribution in [0.2, 0.25) is 0 Å². The third-order valence-corrected chi connectivity index (χ3v) is 2.09. The molecule has 0 atom stereocenters. The summed E-state index contributed by atoms with van der Waals surface area (Å²) in [5.74, 6) is 0. The molecule has 0 amide bonds. The largest absolute Gasteiger partial charge is 0.332 e. The van der Waals surface area contributed by atoms with Crippen LogP contribution in [0.15, 0.2) is 34.2 Å². The molecular weight excluding hydrogens is 197 g/mol. The molecule has 0 saturated carbocycles. The van der Waals surface area contributed by atoms with Crippen molar-refractivity contribution in [2.45, 2.75) is 4.90 Å². The lowest BCUT2D eigenvalue weighted by Gasteiger charge is -1.94. The third-order valence-electron chi connectivity index (χ3n) is 1.27. The van der Waals surface area contributed by atoms with Crippen LogP contribution in [0, 0.1) is 0 Å². The summed E-state index contributed by atoms with van der Waals surface area (Å²) in [6, 6.07) is 4.65. The minimum Gasteiger partial charge on any atom is -0.211 e. The molecule has 0 aliphatic heterocycles. The van der Waals surface area contributed by atoms with E-state index in [1.54, 1.807) is 0 Å². The van der Waals surface area contributed by atoms with Gasteiger partial charge in [-0.25, -0.2) is 4.79 Å². The average molecular weight is 201 g/mol. The first kappa shape index (κ1) is 9.57. The number of hydrogen-bond donors (Lipinski definition) is 0. The zero-order valence-corrected chi connectivity index (χ0v) is 7.08. The van der Waals surface area contributed by atoms with Crippen LogP contribution in [0.5, 0.6) is 0 Å². The van der Waals surface area contributed by atoms with E-state index in [9.17, 15) is 17.1 Å². The third kappa shape index (κ3) is 2.47. The molecule has 1 rings (SSSR count). The van der Waals surface area contributed by atoms with Gasteiger partial charge in [0.2, 0.25) is 6.08 Å². The molecule has 0 aliphatic carbocycles. The molecule has 68 valence electrons. The van der Waals surface area contributed by atoms with Crippen LogP contribution < -0.4 is 0 Å². The Morgan fingerprint density at radius 1 is 1.38 bits per heavy atom. The molecular formula is C7H4FNO3S. The number of halogens is 1. The first-order valence-electron chi connectivity index (χ1n) is 3.16. The molecule has 0 spiro atoms. The Morgan fingerprint density at radius 3 is 2.62 bits per heavy atom. The van der Waals surface area contributed by atoms with Gasteiger partial charge in [0.15, 0.2) is 0 Å². The van der Waals surface area contributed by atoms with Crippen LogP contribution in [0.4, 0.5) is 9.57 Å². The number of benzene rings is 1. The summed E-state index contributed by atoms with van der Waals surface area (Å²) in [5, 5.41) is 0. The highest BCUT2D eigenvalue weighted by Crippen LogP contribution is 2.18. The van der Waals surface area contributed by atoms with Crippen LogP contribution in [0.25, 0.3) is 0 Å². The lowest BCUT2D eigenvalue weighted by molar-refractivity contribution is 0.552. The van der Waals surface area contributed by atoms with E-state index >= 15 is 0 Å². The molecule has 0 unspecified atom stereocenters. The average Bonchev–Trinajstić information content (AvgIpc) is 2.04. The Morgan fingerprint density at radius 2 is 2.08 bits per heavy atom. The van der Waals surface area contributed by atoms with Crippen LogP contribution in [0.3, 0.4) is 0 Å². The van der Waals surface area contributed by atoms with Crippen LogP contribution in [-0.2, 0) is 15.0 Å². The number of isocyanates is 1. The molecule has 0 aliphatic rings. The van der Waals surface area contributed by atoms with Gasteiger partial charge in [0.1, 0.15) is 4.90 Å². The summed E-state index contributed by atoms with van der Waals surface area (Å²) in [7, 11) is -4.73. The lowest BCUT2D eigenvalue weighted by Crippen LogP contribution is -1.90. The quantitative estimate of drug-likeness (QED) is 0.411. The maximum Gasteiger partial charge on any atom is 0.332 e. The molecule has 0 N–H and O–H groups in total.